The number of halogens is 1. The van der Waals surface area contributed by atoms with Crippen molar-refractivity contribution in [2.45, 2.75) is 51.5 Å². The van der Waals surface area contributed by atoms with E-state index < -0.39 is 0 Å². The Kier molecular flexibility index (Phi) is 10.5. The number of likely N-dealkylation sites (tertiary alicyclic amines) is 1. The van der Waals surface area contributed by atoms with Crippen LogP contribution < -0.4 is 15.6 Å². The average molecular weight is 716 g/mol. The zero-order valence-electron chi connectivity index (χ0n) is 27.7. The molecule has 11 heteroatoms. The molecule has 9 nitrogen and oxygen atoms in total. The summed E-state index contributed by atoms with van der Waals surface area (Å²) in [4.78, 5) is 35.7. The molecule has 1 aliphatic heterocycles. The maximum atomic E-state index is 13.0. The molecule has 1 N–H and O–H groups in total. The van der Waals surface area contributed by atoms with Gasteiger partial charge in [-0.15, -0.1) is 13.0 Å². The van der Waals surface area contributed by atoms with Crippen LogP contribution >= 0.6 is 11.6 Å². The van der Waals surface area contributed by atoms with Crippen molar-refractivity contribution in [2.24, 2.45) is 7.05 Å². The van der Waals surface area contributed by atoms with Crippen molar-refractivity contribution < 1.29 is 26.6 Å². The largest absolute Gasteiger partial charge is 2.00 e. The Hall–Kier alpha value is -4.08. The first-order valence-corrected chi connectivity index (χ1v) is 16.7. The van der Waals surface area contributed by atoms with E-state index >= 15 is 0 Å². The van der Waals surface area contributed by atoms with Crippen LogP contribution in [0.5, 0.6) is 5.88 Å². The van der Waals surface area contributed by atoms with Crippen LogP contribution in [0.1, 0.15) is 54.8 Å². The second-order valence-corrected chi connectivity index (χ2v) is 13.0. The van der Waals surface area contributed by atoms with Crippen LogP contribution in [0.15, 0.2) is 65.7 Å². The number of pyridine rings is 2. The van der Waals surface area contributed by atoms with Crippen LogP contribution in [0.4, 0.5) is 11.5 Å². The second-order valence-electron chi connectivity index (χ2n) is 12.6. The van der Waals surface area contributed by atoms with E-state index in [-0.39, 0.29) is 28.7 Å². The van der Waals surface area contributed by atoms with Crippen molar-refractivity contribution in [3.8, 4) is 28.3 Å². The predicted octanol–water partition coefficient (Wildman–Crippen LogP) is 7.32. The fraction of sp³-hybridized carbons (Fsp3) is 0.316. The van der Waals surface area contributed by atoms with Gasteiger partial charge in [0.15, 0.2) is 0 Å². The maximum Gasteiger partial charge on any atom is 2.00 e. The minimum absolute atomic E-state index is 0. The third kappa shape index (κ3) is 6.63. The van der Waals surface area contributed by atoms with Gasteiger partial charge in [-0.2, -0.15) is 24.4 Å². The number of unbranched alkanes of at least 4 members (excludes halogenated alkanes) is 1. The standard InChI is InChI=1S/C38H37ClN6O3.Mn/c1-23-27(9-7-12-30(23)42-36-34-26(15-17-40-36)21-41-44(2)38(34)47)28-10-6-11-29(35(28)39)31-20-25-13-14-32(33(25)37(43-31)48-3)45-18-16-24(22-45)8-4-5-19-46;/h6-7,9-12,15,17,20-21,32H,4-5,8,13-14,16,18,22H2,1-3H3,(H,40,42);/q-2;+2. The molecule has 4 heterocycles. The van der Waals surface area contributed by atoms with Crippen LogP contribution in [-0.2, 0) is 35.3 Å². The Morgan fingerprint density at radius 2 is 1.94 bits per heavy atom. The number of nitrogens with zero attached hydrogens (tertiary/aromatic N) is 5. The van der Waals surface area contributed by atoms with Crippen LogP contribution in [-0.4, -0.2) is 51.1 Å². The molecule has 1 saturated heterocycles. The molecule has 251 valence electrons. The van der Waals surface area contributed by atoms with Gasteiger partial charge in [0.05, 0.1) is 29.4 Å². The first kappa shape index (κ1) is 34.8. The number of nitrogens with one attached hydrogen (secondary N) is 1. The molecule has 0 bridgehead atoms. The molecular formula is C38H37ClMnN6O3. The van der Waals surface area contributed by atoms with Gasteiger partial charge in [0.1, 0.15) is 5.82 Å². The van der Waals surface area contributed by atoms with Crippen molar-refractivity contribution in [1.82, 2.24) is 24.6 Å². The smallest absolute Gasteiger partial charge is 0.542 e. The number of aryl methyl sites for hydroxylation is 2. The molecule has 0 saturated carbocycles. The van der Waals surface area contributed by atoms with Gasteiger partial charge in [0, 0.05) is 47.1 Å². The normalized spacial score (nSPS) is 16.0. The Labute approximate surface area is 301 Å². The summed E-state index contributed by atoms with van der Waals surface area (Å²) in [5.41, 5.74) is 7.46. The summed E-state index contributed by atoms with van der Waals surface area (Å²) in [6, 6.07) is 16.2. The fourth-order valence-electron chi connectivity index (χ4n) is 7.26. The molecular weight excluding hydrogens is 679 g/mol. The second kappa shape index (κ2) is 14.8. The molecule has 0 spiro atoms. The molecule has 0 amide bonds. The van der Waals surface area contributed by atoms with E-state index in [4.69, 9.17) is 21.3 Å². The summed E-state index contributed by atoms with van der Waals surface area (Å²) in [7, 11) is 3.32. The summed E-state index contributed by atoms with van der Waals surface area (Å²) in [6.45, 7) is 4.00. The maximum absolute atomic E-state index is 13.0. The number of carbonyl (C=O) groups excluding carboxylic acids is 1. The molecule has 1 unspecified atom stereocenters. The number of hydrogen-bond acceptors (Lipinski definition) is 8. The zero-order valence-corrected chi connectivity index (χ0v) is 29.7. The molecule has 3 aromatic heterocycles. The van der Waals surface area contributed by atoms with Crippen molar-refractivity contribution in [3.05, 3.63) is 98.9 Å². The molecule has 2 aromatic carbocycles. The number of ether oxygens (including phenoxy) is 1. The Morgan fingerprint density at radius 1 is 1.14 bits per heavy atom. The van der Waals surface area contributed by atoms with E-state index in [1.54, 1.807) is 32.6 Å². The third-order valence-electron chi connectivity index (χ3n) is 9.76. The number of anilines is 2. The van der Waals surface area contributed by atoms with Crippen LogP contribution in [0.25, 0.3) is 33.2 Å². The summed E-state index contributed by atoms with van der Waals surface area (Å²) in [6.07, 6.45) is 10.8. The number of fused-ring (bicyclic) bond motifs is 2. The van der Waals surface area contributed by atoms with Crippen molar-refractivity contribution in [3.63, 3.8) is 0 Å². The van der Waals surface area contributed by atoms with Crippen molar-refractivity contribution in [2.75, 3.05) is 25.5 Å². The van der Waals surface area contributed by atoms with Crippen molar-refractivity contribution >= 4 is 40.2 Å². The van der Waals surface area contributed by atoms with Gasteiger partial charge in [0.25, 0.3) is 5.56 Å². The van der Waals surface area contributed by atoms with E-state index in [0.29, 0.717) is 28.5 Å². The van der Waals surface area contributed by atoms with Gasteiger partial charge in [-0.05, 0) is 61.2 Å². The van der Waals surface area contributed by atoms with Gasteiger partial charge in [-0.1, -0.05) is 41.9 Å². The Morgan fingerprint density at radius 3 is 2.76 bits per heavy atom. The minimum atomic E-state index is -0.218. The van der Waals surface area contributed by atoms with E-state index in [2.05, 4.69) is 26.4 Å². The summed E-state index contributed by atoms with van der Waals surface area (Å²) in [5.74, 6) is 2.64. The molecule has 1 aliphatic carbocycles. The molecule has 1 fully saturated rings. The average Bonchev–Trinajstić information content (AvgIpc) is 3.75. The van der Waals surface area contributed by atoms with Crippen LogP contribution in [0.3, 0.4) is 0 Å². The molecule has 2 aliphatic rings. The third-order valence-corrected chi connectivity index (χ3v) is 10.2. The van der Waals surface area contributed by atoms with E-state index in [0.717, 1.165) is 84.2 Å². The first-order chi connectivity index (χ1) is 23.4. The van der Waals surface area contributed by atoms with Gasteiger partial charge < -0.3 is 19.7 Å². The topological polar surface area (TPSA) is 102 Å². The number of hydrogen-bond donors (Lipinski definition) is 1. The predicted molar refractivity (Wildman–Crippen MR) is 190 cm³/mol. The van der Waals surface area contributed by atoms with Crippen LogP contribution in [0, 0.1) is 12.8 Å². The monoisotopic (exact) mass is 715 g/mol. The molecule has 1 radical (unpaired) electrons. The summed E-state index contributed by atoms with van der Waals surface area (Å²) in [5, 5.41) is 9.35. The van der Waals surface area contributed by atoms with Gasteiger partial charge in [0.2, 0.25) is 5.88 Å². The minimum Gasteiger partial charge on any atom is -0.542 e. The van der Waals surface area contributed by atoms with Gasteiger partial charge >= 0.3 is 17.1 Å². The Balaban J connectivity index is 0.00000417. The van der Waals surface area contributed by atoms with E-state index in [1.165, 1.54) is 21.7 Å². The zero-order chi connectivity index (χ0) is 33.4. The fourth-order valence-corrected chi connectivity index (χ4v) is 7.59. The molecule has 7 rings (SSSR count). The number of aromatic nitrogens is 4. The van der Waals surface area contributed by atoms with Crippen molar-refractivity contribution in [1.29, 1.82) is 0 Å². The molecule has 1 atom stereocenters. The first-order valence-electron chi connectivity index (χ1n) is 16.3. The SMILES string of the molecule is COc1nc(-c2cccc(-c3cccc(Nc4nccc5cnn(C)c(=O)c45)c3C)c2Cl)cc2c1C(N1CC[C-](CCC[C-]=O)C1)CC2.[Mn+2]. The number of rotatable bonds is 10. The summed E-state index contributed by atoms with van der Waals surface area (Å²) < 4.78 is 7.25. The number of methoxy groups -OCH3 is 1. The van der Waals surface area contributed by atoms with E-state index in [1.807, 2.05) is 49.6 Å². The summed E-state index contributed by atoms with van der Waals surface area (Å²) >= 11 is 7.23. The number of benzene rings is 2. The molecule has 49 heavy (non-hydrogen) atoms. The van der Waals surface area contributed by atoms with E-state index in [9.17, 15) is 9.59 Å². The molecule has 5 aromatic rings. The quantitative estimate of drug-likeness (QED) is 0.0913. The Bertz CT molecular complexity index is 2090. The van der Waals surface area contributed by atoms with Gasteiger partial charge in [-0.25, -0.2) is 14.6 Å². The van der Waals surface area contributed by atoms with Crippen LogP contribution in [0.2, 0.25) is 5.02 Å². The van der Waals surface area contributed by atoms with Gasteiger partial charge in [-0.3, -0.25) is 17.0 Å².